The van der Waals surface area contributed by atoms with Crippen molar-refractivity contribution in [2.75, 3.05) is 49.5 Å². The summed E-state index contributed by atoms with van der Waals surface area (Å²) in [5, 5.41) is 3.43. The lowest BCUT2D eigenvalue weighted by Crippen LogP contribution is -2.45. The van der Waals surface area contributed by atoms with E-state index >= 15 is 0 Å². The Morgan fingerprint density at radius 3 is 2.51 bits per heavy atom. The lowest BCUT2D eigenvalue weighted by molar-refractivity contribution is -0.0636. The van der Waals surface area contributed by atoms with Gasteiger partial charge in [-0.2, -0.15) is 0 Å². The molecule has 37 heavy (non-hydrogen) atoms. The number of thiazole rings is 1. The Kier molecular flexibility index (Phi) is 8.41. The molecule has 2 aliphatic rings. The summed E-state index contributed by atoms with van der Waals surface area (Å²) in [6.45, 7) is 1.09. The molecular weight excluding hydrogens is 534 g/mol. The predicted octanol–water partition coefficient (Wildman–Crippen LogP) is 3.56. The number of nitrogens with zero attached hydrogens (tertiary/aromatic N) is 3. The first-order valence-corrected chi connectivity index (χ1v) is 14.5. The quantitative estimate of drug-likeness (QED) is 0.355. The van der Waals surface area contributed by atoms with Crippen LogP contribution < -0.4 is 11.1 Å². The van der Waals surface area contributed by atoms with Crippen molar-refractivity contribution in [3.63, 3.8) is 0 Å². The van der Waals surface area contributed by atoms with E-state index in [0.29, 0.717) is 37.5 Å². The molecule has 3 N–H and O–H groups in total. The van der Waals surface area contributed by atoms with Gasteiger partial charge in [0.2, 0.25) is 15.8 Å². The van der Waals surface area contributed by atoms with Crippen molar-refractivity contribution >= 4 is 38.1 Å². The van der Waals surface area contributed by atoms with E-state index in [-0.39, 0.29) is 55.0 Å². The van der Waals surface area contributed by atoms with E-state index < -0.39 is 38.9 Å². The predicted molar refractivity (Wildman–Crippen MR) is 134 cm³/mol. The second-order valence-corrected chi connectivity index (χ2v) is 12.5. The minimum atomic E-state index is -3.52. The third-order valence-corrected chi connectivity index (χ3v) is 9.53. The molecule has 0 atom stereocenters. The normalized spacial score (nSPS) is 19.7. The Morgan fingerprint density at radius 1 is 1.19 bits per heavy atom. The van der Waals surface area contributed by atoms with Crippen LogP contribution >= 0.6 is 11.3 Å². The number of sulfonamides is 1. The van der Waals surface area contributed by atoms with Gasteiger partial charge in [0, 0.05) is 25.6 Å². The highest BCUT2D eigenvalue weighted by molar-refractivity contribution is 7.89. The first-order chi connectivity index (χ1) is 17.4. The standard InChI is InChI=1S/C23H29F4N5O3S2/c24-16-4-1-5-17(25)18(16)19(33)20-21(28)30-22(36-20)29-15-6-11-32(12-7-15)37(34,35)13-3-10-31-9-2-8-23(26,27)14-31/h1,4-5,15H,2-3,6-14,28H2,(H,29,30). The zero-order chi connectivity index (χ0) is 26.8. The van der Waals surface area contributed by atoms with Crippen molar-refractivity contribution in [2.45, 2.75) is 44.1 Å². The average molecular weight is 564 g/mol. The second-order valence-electron chi connectivity index (χ2n) is 9.38. The molecule has 0 aliphatic carbocycles. The number of carbonyl (C=O) groups excluding carboxylic acids is 1. The van der Waals surface area contributed by atoms with Crippen LogP contribution in [0.4, 0.5) is 28.5 Å². The van der Waals surface area contributed by atoms with E-state index in [2.05, 4.69) is 10.3 Å². The molecule has 14 heteroatoms. The molecule has 0 spiro atoms. The number of hydrogen-bond acceptors (Lipinski definition) is 8. The van der Waals surface area contributed by atoms with Crippen LogP contribution in [-0.4, -0.2) is 78.8 Å². The van der Waals surface area contributed by atoms with E-state index in [0.717, 1.165) is 29.5 Å². The van der Waals surface area contributed by atoms with Crippen LogP contribution in [0.5, 0.6) is 0 Å². The number of hydrogen-bond donors (Lipinski definition) is 2. The van der Waals surface area contributed by atoms with Crippen molar-refractivity contribution in [2.24, 2.45) is 0 Å². The number of aromatic nitrogens is 1. The number of halogens is 4. The number of nitrogen functional groups attached to an aromatic ring is 1. The Hall–Kier alpha value is -2.29. The SMILES string of the molecule is Nc1nc(NC2CCN(S(=O)(=O)CCCN3CCCC(F)(F)C3)CC2)sc1C(=O)c1c(F)cccc1F. The fourth-order valence-electron chi connectivity index (χ4n) is 4.67. The highest BCUT2D eigenvalue weighted by Crippen LogP contribution is 2.31. The zero-order valence-corrected chi connectivity index (χ0v) is 21.7. The minimum absolute atomic E-state index is 0.0852. The maximum absolute atomic E-state index is 14.0. The Labute approximate surface area is 216 Å². The topological polar surface area (TPSA) is 109 Å². The van der Waals surface area contributed by atoms with Gasteiger partial charge < -0.3 is 11.1 Å². The van der Waals surface area contributed by atoms with Gasteiger partial charge in [-0.1, -0.05) is 17.4 Å². The maximum atomic E-state index is 14.0. The number of nitrogens with two attached hydrogens (primary N) is 1. The summed E-state index contributed by atoms with van der Waals surface area (Å²) < 4.78 is 82.0. The van der Waals surface area contributed by atoms with Gasteiger partial charge in [0.05, 0.1) is 17.9 Å². The summed E-state index contributed by atoms with van der Waals surface area (Å²) in [7, 11) is -3.52. The number of benzene rings is 1. The molecule has 0 amide bonds. The van der Waals surface area contributed by atoms with Crippen molar-refractivity contribution in [1.82, 2.24) is 14.2 Å². The summed E-state index contributed by atoms with van der Waals surface area (Å²) in [4.78, 5) is 18.3. The molecule has 1 aromatic carbocycles. The highest BCUT2D eigenvalue weighted by atomic mass is 32.2. The fourth-order valence-corrected chi connectivity index (χ4v) is 7.10. The van der Waals surface area contributed by atoms with Crippen LogP contribution in [0.2, 0.25) is 0 Å². The Balaban J connectivity index is 1.28. The van der Waals surface area contributed by atoms with Gasteiger partial charge in [-0.05, 0) is 50.9 Å². The van der Waals surface area contributed by atoms with E-state index in [1.54, 1.807) is 4.90 Å². The van der Waals surface area contributed by atoms with Gasteiger partial charge in [-0.3, -0.25) is 9.69 Å². The highest BCUT2D eigenvalue weighted by Gasteiger charge is 2.35. The van der Waals surface area contributed by atoms with Crippen LogP contribution in [0, 0.1) is 11.6 Å². The minimum Gasteiger partial charge on any atom is -0.382 e. The maximum Gasteiger partial charge on any atom is 0.260 e. The van der Waals surface area contributed by atoms with Crippen molar-refractivity contribution in [3.8, 4) is 0 Å². The van der Waals surface area contributed by atoms with Crippen molar-refractivity contribution in [3.05, 3.63) is 40.3 Å². The lowest BCUT2D eigenvalue weighted by Gasteiger charge is -2.33. The van der Waals surface area contributed by atoms with Crippen LogP contribution in [0.25, 0.3) is 0 Å². The summed E-state index contributed by atoms with van der Waals surface area (Å²) in [5.41, 5.74) is 5.14. The Morgan fingerprint density at radius 2 is 1.86 bits per heavy atom. The molecule has 2 fully saturated rings. The molecule has 0 bridgehead atoms. The molecule has 204 valence electrons. The van der Waals surface area contributed by atoms with Crippen LogP contribution in [0.1, 0.15) is 47.3 Å². The van der Waals surface area contributed by atoms with Gasteiger partial charge in [0.1, 0.15) is 22.3 Å². The number of nitrogens with one attached hydrogen (secondary N) is 1. The number of rotatable bonds is 9. The van der Waals surface area contributed by atoms with Gasteiger partial charge >= 0.3 is 0 Å². The number of piperidine rings is 2. The molecule has 1 aromatic heterocycles. The van der Waals surface area contributed by atoms with E-state index in [4.69, 9.17) is 5.73 Å². The third-order valence-electron chi connectivity index (χ3n) is 6.57. The molecule has 2 saturated heterocycles. The molecular formula is C23H29F4N5O3S2. The van der Waals surface area contributed by atoms with Crippen LogP contribution in [0.3, 0.4) is 0 Å². The third kappa shape index (κ3) is 6.78. The molecule has 2 aromatic rings. The first kappa shape index (κ1) is 27.7. The number of ketones is 1. The van der Waals surface area contributed by atoms with Crippen LogP contribution in [0.15, 0.2) is 18.2 Å². The molecule has 8 nitrogen and oxygen atoms in total. The van der Waals surface area contributed by atoms with Gasteiger partial charge in [0.25, 0.3) is 5.92 Å². The molecule has 0 radical (unpaired) electrons. The zero-order valence-electron chi connectivity index (χ0n) is 20.1. The fraction of sp³-hybridized carbons (Fsp3) is 0.565. The summed E-state index contributed by atoms with van der Waals surface area (Å²) >= 11 is 0.884. The molecule has 2 aliphatic heterocycles. The largest absolute Gasteiger partial charge is 0.382 e. The second kappa shape index (κ2) is 11.2. The summed E-state index contributed by atoms with van der Waals surface area (Å²) in [6, 6.07) is 2.99. The smallest absolute Gasteiger partial charge is 0.260 e. The number of anilines is 2. The van der Waals surface area contributed by atoms with Gasteiger partial charge in [-0.15, -0.1) is 0 Å². The number of likely N-dealkylation sites (tertiary alicyclic amines) is 1. The van der Waals surface area contributed by atoms with Crippen molar-refractivity contribution in [1.29, 1.82) is 0 Å². The summed E-state index contributed by atoms with van der Waals surface area (Å²) in [6.07, 6.45) is 1.51. The summed E-state index contributed by atoms with van der Waals surface area (Å²) in [5.74, 6) is -5.84. The average Bonchev–Trinajstić information content (AvgIpc) is 3.18. The van der Waals surface area contributed by atoms with Gasteiger partial charge in [0.15, 0.2) is 5.13 Å². The lowest BCUT2D eigenvalue weighted by atomic mass is 10.1. The van der Waals surface area contributed by atoms with Gasteiger partial charge in [-0.25, -0.2) is 35.3 Å². The number of alkyl halides is 2. The molecule has 4 rings (SSSR count). The number of carbonyl (C=O) groups is 1. The molecule has 0 unspecified atom stereocenters. The molecule has 0 saturated carbocycles. The van der Waals surface area contributed by atoms with Crippen LogP contribution in [-0.2, 0) is 10.0 Å². The van der Waals surface area contributed by atoms with Crippen molar-refractivity contribution < 1.29 is 30.8 Å². The Bertz CT molecular complexity index is 1210. The first-order valence-electron chi connectivity index (χ1n) is 12.0. The molecule has 3 heterocycles. The van der Waals surface area contributed by atoms with E-state index in [1.807, 2.05) is 0 Å². The monoisotopic (exact) mass is 563 g/mol. The van der Waals surface area contributed by atoms with E-state index in [9.17, 15) is 30.8 Å². The van der Waals surface area contributed by atoms with E-state index in [1.165, 1.54) is 4.31 Å².